The standard InChI is InChI=1S/C10H16N4O4S/c1-13-7-5-9(11-13)12-19(17,18)14-6-3-2-4-8(14)10(15)16/h5,7-8H,2-4,6H2,1H3,(H,11,12)(H,15,16). The Balaban J connectivity index is 2.19. The molecule has 1 atom stereocenters. The lowest BCUT2D eigenvalue weighted by Gasteiger charge is -2.31. The van der Waals surface area contributed by atoms with Gasteiger partial charge >= 0.3 is 16.2 Å². The average molecular weight is 288 g/mol. The van der Waals surface area contributed by atoms with Crippen LogP contribution in [0.2, 0.25) is 0 Å². The Kier molecular flexibility index (Phi) is 3.76. The maximum absolute atomic E-state index is 12.2. The molecule has 0 bridgehead atoms. The molecule has 0 aromatic carbocycles. The highest BCUT2D eigenvalue weighted by molar-refractivity contribution is 7.90. The molecule has 1 aliphatic heterocycles. The number of nitrogens with zero attached hydrogens (tertiary/aromatic N) is 3. The van der Waals surface area contributed by atoms with Crippen molar-refractivity contribution < 1.29 is 18.3 Å². The van der Waals surface area contributed by atoms with E-state index in [0.717, 1.165) is 4.31 Å². The van der Waals surface area contributed by atoms with Crippen LogP contribution in [0.15, 0.2) is 12.3 Å². The Morgan fingerprint density at radius 1 is 1.53 bits per heavy atom. The predicted octanol–water partition coefficient (Wildman–Crippen LogP) is 0.0159. The molecule has 0 spiro atoms. The van der Waals surface area contributed by atoms with Gasteiger partial charge in [0.1, 0.15) is 6.04 Å². The lowest BCUT2D eigenvalue weighted by molar-refractivity contribution is -0.142. The molecule has 9 heteroatoms. The number of hydrogen-bond acceptors (Lipinski definition) is 4. The van der Waals surface area contributed by atoms with Gasteiger partial charge in [-0.1, -0.05) is 0 Å². The molecule has 1 unspecified atom stereocenters. The van der Waals surface area contributed by atoms with Crippen LogP contribution in [0.3, 0.4) is 0 Å². The zero-order valence-corrected chi connectivity index (χ0v) is 11.3. The number of aryl methyl sites for hydroxylation is 1. The second kappa shape index (κ2) is 5.17. The van der Waals surface area contributed by atoms with Crippen molar-refractivity contribution >= 4 is 22.0 Å². The van der Waals surface area contributed by atoms with Crippen molar-refractivity contribution in [3.8, 4) is 0 Å². The van der Waals surface area contributed by atoms with E-state index in [1.165, 1.54) is 10.7 Å². The fourth-order valence-electron chi connectivity index (χ4n) is 2.10. The number of carbonyl (C=O) groups is 1. The van der Waals surface area contributed by atoms with Gasteiger partial charge in [0.15, 0.2) is 5.82 Å². The summed E-state index contributed by atoms with van der Waals surface area (Å²) in [6, 6.07) is 0.507. The Morgan fingerprint density at radius 2 is 2.26 bits per heavy atom. The molecule has 0 aliphatic carbocycles. The minimum Gasteiger partial charge on any atom is -0.480 e. The van der Waals surface area contributed by atoms with E-state index in [-0.39, 0.29) is 12.4 Å². The lowest BCUT2D eigenvalue weighted by Crippen LogP contribution is -2.50. The number of rotatable bonds is 4. The molecule has 2 N–H and O–H groups in total. The van der Waals surface area contributed by atoms with Gasteiger partial charge in [0, 0.05) is 25.9 Å². The van der Waals surface area contributed by atoms with E-state index in [0.29, 0.717) is 19.3 Å². The molecule has 1 fully saturated rings. The maximum atomic E-state index is 12.2. The summed E-state index contributed by atoms with van der Waals surface area (Å²) in [4.78, 5) is 11.1. The molecule has 0 amide bonds. The number of aliphatic carboxylic acids is 1. The summed E-state index contributed by atoms with van der Waals surface area (Å²) in [6.45, 7) is 0.207. The quantitative estimate of drug-likeness (QED) is 0.812. The third-order valence-corrected chi connectivity index (χ3v) is 4.52. The highest BCUT2D eigenvalue weighted by atomic mass is 32.2. The van der Waals surface area contributed by atoms with E-state index in [2.05, 4.69) is 9.82 Å². The molecule has 1 aromatic rings. The number of piperidine rings is 1. The molecule has 0 saturated carbocycles. The zero-order valence-electron chi connectivity index (χ0n) is 10.5. The van der Waals surface area contributed by atoms with Crippen LogP contribution in [-0.4, -0.2) is 46.2 Å². The van der Waals surface area contributed by atoms with Crippen LogP contribution in [-0.2, 0) is 22.1 Å². The van der Waals surface area contributed by atoms with Crippen LogP contribution in [0.4, 0.5) is 5.82 Å². The van der Waals surface area contributed by atoms with Crippen molar-refractivity contribution in [3.63, 3.8) is 0 Å². The van der Waals surface area contributed by atoms with Crippen molar-refractivity contribution in [1.29, 1.82) is 0 Å². The summed E-state index contributed by atoms with van der Waals surface area (Å²) in [7, 11) is -2.23. The van der Waals surface area contributed by atoms with E-state index in [1.807, 2.05) is 0 Å². The molecule has 2 rings (SSSR count). The highest BCUT2D eigenvalue weighted by Crippen LogP contribution is 2.21. The topological polar surface area (TPSA) is 105 Å². The molecular weight excluding hydrogens is 272 g/mol. The van der Waals surface area contributed by atoms with Crippen LogP contribution in [0.1, 0.15) is 19.3 Å². The average Bonchev–Trinajstić information content (AvgIpc) is 2.74. The third kappa shape index (κ3) is 3.04. The van der Waals surface area contributed by atoms with E-state index in [4.69, 9.17) is 5.11 Å². The first kappa shape index (κ1) is 13.8. The first-order valence-electron chi connectivity index (χ1n) is 5.92. The molecular formula is C10H16N4O4S. The van der Waals surface area contributed by atoms with Gasteiger partial charge in [-0.25, -0.2) is 0 Å². The van der Waals surface area contributed by atoms with E-state index in [1.54, 1.807) is 13.2 Å². The number of carboxylic acid groups (broad SMARTS) is 1. The van der Waals surface area contributed by atoms with Gasteiger partial charge in [-0.2, -0.15) is 17.8 Å². The molecule has 0 radical (unpaired) electrons. The fourth-order valence-corrected chi connectivity index (χ4v) is 3.49. The Hall–Kier alpha value is -1.61. The molecule has 1 aromatic heterocycles. The van der Waals surface area contributed by atoms with E-state index >= 15 is 0 Å². The van der Waals surface area contributed by atoms with Crippen LogP contribution >= 0.6 is 0 Å². The fraction of sp³-hybridized carbons (Fsp3) is 0.600. The second-order valence-electron chi connectivity index (χ2n) is 4.44. The molecule has 1 aliphatic rings. The normalized spacial score (nSPS) is 21.2. The predicted molar refractivity (Wildman–Crippen MR) is 67.7 cm³/mol. The van der Waals surface area contributed by atoms with Gasteiger partial charge in [-0.3, -0.25) is 14.2 Å². The van der Waals surface area contributed by atoms with Gasteiger partial charge in [0.2, 0.25) is 0 Å². The van der Waals surface area contributed by atoms with E-state index in [9.17, 15) is 13.2 Å². The summed E-state index contributed by atoms with van der Waals surface area (Å²) in [5.41, 5.74) is 0. The first-order chi connectivity index (χ1) is 8.90. The molecule has 19 heavy (non-hydrogen) atoms. The van der Waals surface area contributed by atoms with Gasteiger partial charge < -0.3 is 5.11 Å². The van der Waals surface area contributed by atoms with Gasteiger partial charge in [0.05, 0.1) is 0 Å². The summed E-state index contributed by atoms with van der Waals surface area (Å²) in [5.74, 6) is -0.941. The minimum atomic E-state index is -3.89. The first-order valence-corrected chi connectivity index (χ1v) is 7.36. The van der Waals surface area contributed by atoms with Crippen molar-refractivity contribution in [2.24, 2.45) is 7.05 Å². The monoisotopic (exact) mass is 288 g/mol. The third-order valence-electron chi connectivity index (χ3n) is 2.99. The molecule has 8 nitrogen and oxygen atoms in total. The van der Waals surface area contributed by atoms with Gasteiger partial charge in [-0.15, -0.1) is 0 Å². The Labute approximate surface area is 111 Å². The molecule has 106 valence electrons. The zero-order chi connectivity index (χ0) is 14.0. The summed E-state index contributed by atoms with van der Waals surface area (Å²) in [5, 5.41) is 13.0. The summed E-state index contributed by atoms with van der Waals surface area (Å²) < 4.78 is 29.1. The van der Waals surface area contributed by atoms with Crippen LogP contribution < -0.4 is 4.72 Å². The highest BCUT2D eigenvalue weighted by Gasteiger charge is 2.36. The summed E-state index contributed by atoms with van der Waals surface area (Å²) in [6.07, 6.45) is 3.31. The SMILES string of the molecule is Cn1ccc(NS(=O)(=O)N2CCCCC2C(=O)O)n1. The van der Waals surface area contributed by atoms with Crippen molar-refractivity contribution in [3.05, 3.63) is 12.3 Å². The van der Waals surface area contributed by atoms with E-state index < -0.39 is 22.2 Å². The van der Waals surface area contributed by atoms with Crippen LogP contribution in [0, 0.1) is 0 Å². The Morgan fingerprint density at radius 3 is 2.84 bits per heavy atom. The van der Waals surface area contributed by atoms with Crippen LogP contribution in [0.25, 0.3) is 0 Å². The number of carboxylic acids is 1. The number of anilines is 1. The number of hydrogen-bond donors (Lipinski definition) is 2. The number of nitrogens with one attached hydrogen (secondary N) is 1. The Bertz CT molecular complexity index is 568. The molecule has 1 saturated heterocycles. The van der Waals surface area contributed by atoms with Gasteiger partial charge in [0.25, 0.3) is 0 Å². The van der Waals surface area contributed by atoms with Crippen LogP contribution in [0.5, 0.6) is 0 Å². The summed E-state index contributed by atoms with van der Waals surface area (Å²) >= 11 is 0. The number of aromatic nitrogens is 2. The van der Waals surface area contributed by atoms with Gasteiger partial charge in [-0.05, 0) is 19.3 Å². The smallest absolute Gasteiger partial charge is 0.322 e. The maximum Gasteiger partial charge on any atom is 0.322 e. The largest absolute Gasteiger partial charge is 0.480 e. The molecule has 2 heterocycles. The van der Waals surface area contributed by atoms with Crippen molar-refractivity contribution in [2.45, 2.75) is 25.3 Å². The second-order valence-corrected chi connectivity index (χ2v) is 6.07. The minimum absolute atomic E-state index is 0.178. The van der Waals surface area contributed by atoms with Crippen molar-refractivity contribution in [1.82, 2.24) is 14.1 Å². The van der Waals surface area contributed by atoms with Crippen molar-refractivity contribution in [2.75, 3.05) is 11.3 Å². The lowest BCUT2D eigenvalue weighted by atomic mass is 10.1.